The summed E-state index contributed by atoms with van der Waals surface area (Å²) in [5.41, 5.74) is 3.48. The van der Waals surface area contributed by atoms with Crippen LogP contribution in [-0.2, 0) is 5.75 Å². The van der Waals surface area contributed by atoms with Crippen molar-refractivity contribution < 1.29 is 0 Å². The molecule has 2 aromatic rings. The lowest BCUT2D eigenvalue weighted by Gasteiger charge is -2.02. The Kier molecular flexibility index (Phi) is 3.21. The second kappa shape index (κ2) is 4.81. The van der Waals surface area contributed by atoms with Gasteiger partial charge in [0.1, 0.15) is 5.82 Å². The van der Waals surface area contributed by atoms with E-state index in [1.807, 2.05) is 18.2 Å². The number of nitrogens with one attached hydrogen (secondary N) is 2. The second-order valence-electron chi connectivity index (χ2n) is 2.84. The van der Waals surface area contributed by atoms with Crippen LogP contribution in [0.1, 0.15) is 5.69 Å². The van der Waals surface area contributed by atoms with E-state index in [1.54, 1.807) is 24.2 Å². The predicted molar refractivity (Wildman–Crippen MR) is 60.2 cm³/mol. The average Bonchev–Trinajstić information content (AvgIpc) is 2.79. The lowest BCUT2D eigenvalue weighted by atomic mass is 10.4. The van der Waals surface area contributed by atoms with E-state index in [9.17, 15) is 0 Å². The molecule has 0 saturated heterocycles. The molecule has 0 unspecified atom stereocenters. The highest BCUT2D eigenvalue weighted by Crippen LogP contribution is 2.17. The van der Waals surface area contributed by atoms with Crippen molar-refractivity contribution in [2.75, 3.05) is 5.43 Å². The largest absolute Gasteiger partial charge is 0.340 e. The Balaban J connectivity index is 1.98. The molecule has 0 aromatic carbocycles. The molecule has 0 aliphatic rings. The molecule has 0 radical (unpaired) electrons. The fraction of sp³-hybridized carbons (Fsp3) is 0.111. The number of pyridine rings is 1. The first-order valence-electron chi connectivity index (χ1n) is 4.43. The number of aromatic nitrogens is 3. The first-order chi connectivity index (χ1) is 7.38. The smallest absolute Gasteiger partial charge is 0.165 e. The molecule has 2 heterocycles. The SMILES string of the molecule is NNc1cccc(CSc2ncc[nH]2)n1. The first kappa shape index (κ1) is 10.0. The summed E-state index contributed by atoms with van der Waals surface area (Å²) < 4.78 is 0. The van der Waals surface area contributed by atoms with Crippen molar-refractivity contribution in [1.29, 1.82) is 0 Å². The number of anilines is 1. The summed E-state index contributed by atoms with van der Waals surface area (Å²) in [5.74, 6) is 6.71. The fourth-order valence-electron chi connectivity index (χ4n) is 1.11. The number of imidazole rings is 1. The van der Waals surface area contributed by atoms with E-state index in [0.29, 0.717) is 5.82 Å². The van der Waals surface area contributed by atoms with Crippen molar-refractivity contribution in [3.05, 3.63) is 36.3 Å². The van der Waals surface area contributed by atoms with Crippen molar-refractivity contribution in [1.82, 2.24) is 15.0 Å². The monoisotopic (exact) mass is 221 g/mol. The maximum absolute atomic E-state index is 5.27. The summed E-state index contributed by atoms with van der Waals surface area (Å²) in [6, 6.07) is 5.69. The maximum atomic E-state index is 5.27. The molecule has 0 fully saturated rings. The van der Waals surface area contributed by atoms with E-state index < -0.39 is 0 Å². The molecule has 5 nitrogen and oxygen atoms in total. The van der Waals surface area contributed by atoms with E-state index in [1.165, 1.54) is 0 Å². The molecule has 15 heavy (non-hydrogen) atoms. The number of hydrogen-bond donors (Lipinski definition) is 3. The molecular formula is C9H11N5S. The Morgan fingerprint density at radius 1 is 1.47 bits per heavy atom. The van der Waals surface area contributed by atoms with Gasteiger partial charge in [0, 0.05) is 18.1 Å². The molecular weight excluding hydrogens is 210 g/mol. The zero-order chi connectivity index (χ0) is 10.5. The van der Waals surface area contributed by atoms with Gasteiger partial charge in [0.05, 0.1) is 5.69 Å². The summed E-state index contributed by atoms with van der Waals surface area (Å²) >= 11 is 1.60. The normalized spacial score (nSPS) is 10.2. The maximum Gasteiger partial charge on any atom is 0.165 e. The third-order valence-corrected chi connectivity index (χ3v) is 2.72. The first-order valence-corrected chi connectivity index (χ1v) is 5.42. The van der Waals surface area contributed by atoms with Gasteiger partial charge in [-0.3, -0.25) is 0 Å². The number of hydrogen-bond acceptors (Lipinski definition) is 5. The van der Waals surface area contributed by atoms with Crippen LogP contribution >= 0.6 is 11.8 Å². The molecule has 0 spiro atoms. The third kappa shape index (κ3) is 2.71. The number of thioether (sulfide) groups is 1. The van der Waals surface area contributed by atoms with Crippen LogP contribution in [-0.4, -0.2) is 15.0 Å². The highest BCUT2D eigenvalue weighted by molar-refractivity contribution is 7.98. The quantitative estimate of drug-likeness (QED) is 0.413. The topological polar surface area (TPSA) is 79.6 Å². The summed E-state index contributed by atoms with van der Waals surface area (Å²) in [4.78, 5) is 11.4. The van der Waals surface area contributed by atoms with E-state index >= 15 is 0 Å². The van der Waals surface area contributed by atoms with Gasteiger partial charge in [-0.05, 0) is 12.1 Å². The molecule has 0 amide bonds. The molecule has 2 rings (SSSR count). The summed E-state index contributed by atoms with van der Waals surface area (Å²) in [6.45, 7) is 0. The zero-order valence-electron chi connectivity index (χ0n) is 7.97. The minimum Gasteiger partial charge on any atom is -0.340 e. The van der Waals surface area contributed by atoms with Crippen molar-refractivity contribution >= 4 is 17.6 Å². The Morgan fingerprint density at radius 2 is 2.40 bits per heavy atom. The van der Waals surface area contributed by atoms with Crippen LogP contribution in [0, 0.1) is 0 Å². The van der Waals surface area contributed by atoms with Crippen LogP contribution in [0.25, 0.3) is 0 Å². The van der Waals surface area contributed by atoms with E-state index in [0.717, 1.165) is 16.6 Å². The Hall–Kier alpha value is -1.53. The average molecular weight is 221 g/mol. The standard InChI is InChI=1S/C9H11N5S/c10-14-8-3-1-2-7(13-8)6-15-9-11-4-5-12-9/h1-5H,6,10H2,(H,11,12)(H,13,14). The third-order valence-electron chi connectivity index (χ3n) is 1.78. The number of nitrogen functional groups attached to an aromatic ring is 1. The van der Waals surface area contributed by atoms with Crippen molar-refractivity contribution in [2.24, 2.45) is 5.84 Å². The van der Waals surface area contributed by atoms with Crippen molar-refractivity contribution in [3.8, 4) is 0 Å². The Labute approximate surface area is 91.5 Å². The highest BCUT2D eigenvalue weighted by atomic mass is 32.2. The number of rotatable bonds is 4. The zero-order valence-corrected chi connectivity index (χ0v) is 8.79. The van der Waals surface area contributed by atoms with Gasteiger partial charge in [0.25, 0.3) is 0 Å². The molecule has 0 bridgehead atoms. The lowest BCUT2D eigenvalue weighted by molar-refractivity contribution is 1.05. The van der Waals surface area contributed by atoms with Crippen LogP contribution < -0.4 is 11.3 Å². The summed E-state index contributed by atoms with van der Waals surface area (Å²) in [5, 5.41) is 0.892. The number of hydrazine groups is 1. The molecule has 4 N–H and O–H groups in total. The molecule has 0 aliphatic carbocycles. The minimum absolute atomic E-state index is 0.674. The van der Waals surface area contributed by atoms with Gasteiger partial charge in [-0.15, -0.1) is 0 Å². The second-order valence-corrected chi connectivity index (χ2v) is 3.81. The summed E-state index contributed by atoms with van der Waals surface area (Å²) in [6.07, 6.45) is 3.53. The van der Waals surface area contributed by atoms with Gasteiger partial charge >= 0.3 is 0 Å². The Morgan fingerprint density at radius 3 is 3.13 bits per heavy atom. The van der Waals surface area contributed by atoms with Crippen LogP contribution in [0.4, 0.5) is 5.82 Å². The van der Waals surface area contributed by atoms with Gasteiger partial charge < -0.3 is 10.4 Å². The summed E-state index contributed by atoms with van der Waals surface area (Å²) in [7, 11) is 0. The van der Waals surface area contributed by atoms with Crippen LogP contribution in [0.15, 0.2) is 35.7 Å². The molecule has 0 saturated carbocycles. The van der Waals surface area contributed by atoms with Crippen LogP contribution in [0.3, 0.4) is 0 Å². The Bertz CT molecular complexity index is 414. The van der Waals surface area contributed by atoms with Gasteiger partial charge in [0.15, 0.2) is 5.16 Å². The molecule has 2 aromatic heterocycles. The fourth-order valence-corrected chi connectivity index (χ4v) is 1.84. The van der Waals surface area contributed by atoms with Gasteiger partial charge in [-0.25, -0.2) is 15.8 Å². The minimum atomic E-state index is 0.674. The van der Waals surface area contributed by atoms with Crippen molar-refractivity contribution in [2.45, 2.75) is 10.9 Å². The van der Waals surface area contributed by atoms with Crippen molar-refractivity contribution in [3.63, 3.8) is 0 Å². The highest BCUT2D eigenvalue weighted by Gasteiger charge is 1.99. The van der Waals surface area contributed by atoms with Crippen LogP contribution in [0.5, 0.6) is 0 Å². The number of H-pyrrole nitrogens is 1. The van der Waals surface area contributed by atoms with E-state index in [-0.39, 0.29) is 0 Å². The van der Waals surface area contributed by atoms with Gasteiger partial charge in [0.2, 0.25) is 0 Å². The molecule has 6 heteroatoms. The number of nitrogens with zero attached hydrogens (tertiary/aromatic N) is 2. The predicted octanol–water partition coefficient (Wildman–Crippen LogP) is 1.38. The molecule has 78 valence electrons. The molecule has 0 atom stereocenters. The van der Waals surface area contributed by atoms with Crippen LogP contribution in [0.2, 0.25) is 0 Å². The van der Waals surface area contributed by atoms with E-state index in [4.69, 9.17) is 5.84 Å². The van der Waals surface area contributed by atoms with E-state index in [2.05, 4.69) is 20.4 Å². The van der Waals surface area contributed by atoms with Gasteiger partial charge in [-0.1, -0.05) is 17.8 Å². The lowest BCUT2D eigenvalue weighted by Crippen LogP contribution is -2.08. The number of aromatic amines is 1. The number of nitrogens with two attached hydrogens (primary N) is 1. The van der Waals surface area contributed by atoms with Gasteiger partial charge in [-0.2, -0.15) is 0 Å². The molecule has 0 aliphatic heterocycles.